The second kappa shape index (κ2) is 7.96. The standard InChI is InChI=1S/C21H22N4O3S2/c1-14-12-16(28-22-14)19(26)23-7-9-24(10-8-23)20(27)18-15-4-11-29-13-17(15)30-21(18)25-5-2-3-6-25/h2-3,5-6,12H,4,7-11,13H2,1H3. The van der Waals surface area contributed by atoms with Crippen molar-refractivity contribution in [2.24, 2.45) is 0 Å². The summed E-state index contributed by atoms with van der Waals surface area (Å²) in [6.07, 6.45) is 4.93. The van der Waals surface area contributed by atoms with Gasteiger partial charge in [0, 0.05) is 55.3 Å². The molecular weight excluding hydrogens is 420 g/mol. The number of thioether (sulfide) groups is 1. The van der Waals surface area contributed by atoms with E-state index in [-0.39, 0.29) is 17.6 Å². The minimum Gasteiger partial charge on any atom is -0.351 e. The second-order valence-electron chi connectivity index (χ2n) is 7.49. The lowest BCUT2D eigenvalue weighted by Gasteiger charge is -2.34. The summed E-state index contributed by atoms with van der Waals surface area (Å²) in [6, 6.07) is 5.62. The Labute approximate surface area is 182 Å². The van der Waals surface area contributed by atoms with Crippen LogP contribution < -0.4 is 0 Å². The number of carbonyl (C=O) groups excluding carboxylic acids is 2. The molecule has 5 rings (SSSR count). The van der Waals surface area contributed by atoms with E-state index in [1.807, 2.05) is 45.8 Å². The Morgan fingerprint density at radius 2 is 1.77 bits per heavy atom. The van der Waals surface area contributed by atoms with Gasteiger partial charge in [0.05, 0.1) is 11.3 Å². The first-order chi connectivity index (χ1) is 14.6. The van der Waals surface area contributed by atoms with E-state index in [9.17, 15) is 9.59 Å². The van der Waals surface area contributed by atoms with E-state index in [4.69, 9.17) is 4.52 Å². The maximum Gasteiger partial charge on any atom is 0.292 e. The van der Waals surface area contributed by atoms with Gasteiger partial charge in [-0.15, -0.1) is 11.3 Å². The number of aromatic nitrogens is 2. The Morgan fingerprint density at radius 1 is 1.07 bits per heavy atom. The summed E-state index contributed by atoms with van der Waals surface area (Å²) >= 11 is 3.65. The molecule has 0 unspecified atom stereocenters. The van der Waals surface area contributed by atoms with Crippen molar-refractivity contribution >= 4 is 34.9 Å². The van der Waals surface area contributed by atoms with Gasteiger partial charge < -0.3 is 18.9 Å². The summed E-state index contributed by atoms with van der Waals surface area (Å²) in [5, 5.41) is 4.80. The fourth-order valence-corrected chi connectivity index (χ4v) is 6.42. The highest BCUT2D eigenvalue weighted by Crippen LogP contribution is 2.39. The normalized spacial score (nSPS) is 16.6. The molecule has 1 saturated heterocycles. The van der Waals surface area contributed by atoms with Crippen LogP contribution in [0, 0.1) is 6.92 Å². The van der Waals surface area contributed by atoms with Crippen molar-refractivity contribution in [1.29, 1.82) is 0 Å². The Bertz CT molecular complexity index is 1080. The molecule has 7 nitrogen and oxygen atoms in total. The highest BCUT2D eigenvalue weighted by Gasteiger charge is 2.32. The average Bonchev–Trinajstić information content (AvgIpc) is 3.52. The third-order valence-electron chi connectivity index (χ3n) is 5.55. The van der Waals surface area contributed by atoms with Crippen LogP contribution >= 0.6 is 23.1 Å². The lowest BCUT2D eigenvalue weighted by Crippen LogP contribution is -2.50. The number of hydrogen-bond acceptors (Lipinski definition) is 6. The van der Waals surface area contributed by atoms with Gasteiger partial charge in [0.1, 0.15) is 5.00 Å². The molecule has 30 heavy (non-hydrogen) atoms. The number of rotatable bonds is 3. The molecule has 156 valence electrons. The second-order valence-corrected chi connectivity index (χ2v) is 9.68. The van der Waals surface area contributed by atoms with E-state index in [2.05, 4.69) is 5.16 Å². The molecule has 2 aliphatic rings. The summed E-state index contributed by atoms with van der Waals surface area (Å²) in [5.41, 5.74) is 2.74. The van der Waals surface area contributed by atoms with Crippen molar-refractivity contribution < 1.29 is 14.1 Å². The van der Waals surface area contributed by atoms with Crippen LogP contribution in [0.25, 0.3) is 5.00 Å². The van der Waals surface area contributed by atoms with Crippen molar-refractivity contribution in [3.63, 3.8) is 0 Å². The van der Waals surface area contributed by atoms with Crippen LogP contribution in [-0.4, -0.2) is 63.3 Å². The van der Waals surface area contributed by atoms with Crippen LogP contribution in [0.3, 0.4) is 0 Å². The monoisotopic (exact) mass is 442 g/mol. The number of piperazine rings is 1. The Hall–Kier alpha value is -2.52. The molecule has 2 aliphatic heterocycles. The van der Waals surface area contributed by atoms with Gasteiger partial charge >= 0.3 is 0 Å². The minimum absolute atomic E-state index is 0.0747. The number of amides is 2. The predicted molar refractivity (Wildman–Crippen MR) is 117 cm³/mol. The minimum atomic E-state index is -0.166. The molecule has 0 aromatic carbocycles. The van der Waals surface area contributed by atoms with E-state index in [1.165, 1.54) is 10.4 Å². The van der Waals surface area contributed by atoms with E-state index in [0.29, 0.717) is 31.9 Å². The quantitative estimate of drug-likeness (QED) is 0.623. The van der Waals surface area contributed by atoms with Crippen molar-refractivity contribution in [2.75, 3.05) is 31.9 Å². The van der Waals surface area contributed by atoms with Crippen molar-refractivity contribution in [3.8, 4) is 5.00 Å². The highest BCUT2D eigenvalue weighted by atomic mass is 32.2. The number of thiophene rings is 1. The zero-order valence-corrected chi connectivity index (χ0v) is 18.3. The SMILES string of the molecule is Cc1cc(C(=O)N2CCN(C(=O)c3c(-n4cccc4)sc4c3CCSC4)CC2)on1. The van der Waals surface area contributed by atoms with Crippen LogP contribution in [0.1, 0.15) is 37.0 Å². The van der Waals surface area contributed by atoms with Crippen LogP contribution in [0.4, 0.5) is 0 Å². The predicted octanol–water partition coefficient (Wildman–Crippen LogP) is 3.22. The molecule has 0 aliphatic carbocycles. The number of hydrogen-bond donors (Lipinski definition) is 0. The van der Waals surface area contributed by atoms with Crippen LogP contribution in [-0.2, 0) is 12.2 Å². The van der Waals surface area contributed by atoms with Crippen molar-refractivity contribution in [3.05, 3.63) is 58.1 Å². The largest absolute Gasteiger partial charge is 0.351 e. The Kier molecular flexibility index (Phi) is 5.16. The molecular formula is C21H22N4O3S2. The van der Waals surface area contributed by atoms with Gasteiger partial charge in [-0.05, 0) is 36.8 Å². The zero-order valence-electron chi connectivity index (χ0n) is 16.7. The molecule has 3 aromatic rings. The van der Waals surface area contributed by atoms with Crippen LogP contribution in [0.5, 0.6) is 0 Å². The number of nitrogens with zero attached hydrogens (tertiary/aromatic N) is 4. The first-order valence-electron chi connectivity index (χ1n) is 9.99. The van der Waals surface area contributed by atoms with Crippen molar-refractivity contribution in [1.82, 2.24) is 19.5 Å². The summed E-state index contributed by atoms with van der Waals surface area (Å²) < 4.78 is 7.16. The Morgan fingerprint density at radius 3 is 2.43 bits per heavy atom. The summed E-state index contributed by atoms with van der Waals surface area (Å²) in [7, 11) is 0. The van der Waals surface area contributed by atoms with Gasteiger partial charge in [0.2, 0.25) is 5.76 Å². The zero-order chi connectivity index (χ0) is 20.7. The molecule has 0 bridgehead atoms. The van der Waals surface area contributed by atoms with E-state index in [1.54, 1.807) is 29.2 Å². The Balaban J connectivity index is 1.36. The third kappa shape index (κ3) is 3.45. The number of fused-ring (bicyclic) bond motifs is 1. The maximum absolute atomic E-state index is 13.6. The van der Waals surface area contributed by atoms with E-state index < -0.39 is 0 Å². The van der Waals surface area contributed by atoms with Gasteiger partial charge in [-0.3, -0.25) is 9.59 Å². The fourth-order valence-electron chi connectivity index (χ4n) is 3.98. The van der Waals surface area contributed by atoms with Crippen molar-refractivity contribution in [2.45, 2.75) is 19.1 Å². The van der Waals surface area contributed by atoms with Crippen LogP contribution in [0.2, 0.25) is 0 Å². The molecule has 0 spiro atoms. The smallest absolute Gasteiger partial charge is 0.292 e. The molecule has 2 amide bonds. The lowest BCUT2D eigenvalue weighted by atomic mass is 10.1. The van der Waals surface area contributed by atoms with E-state index >= 15 is 0 Å². The molecule has 5 heterocycles. The number of carbonyl (C=O) groups is 2. The number of aryl methyl sites for hydroxylation is 1. The molecule has 9 heteroatoms. The average molecular weight is 443 g/mol. The molecule has 0 saturated carbocycles. The lowest BCUT2D eigenvalue weighted by molar-refractivity contribution is 0.0512. The molecule has 0 atom stereocenters. The van der Waals surface area contributed by atoms with Gasteiger partial charge in [-0.1, -0.05) is 5.16 Å². The molecule has 1 fully saturated rings. The van der Waals surface area contributed by atoms with E-state index in [0.717, 1.165) is 28.5 Å². The third-order valence-corrected chi connectivity index (χ3v) is 7.96. The van der Waals surface area contributed by atoms with Gasteiger partial charge in [-0.25, -0.2) is 0 Å². The fraction of sp³-hybridized carbons (Fsp3) is 0.381. The van der Waals surface area contributed by atoms with Gasteiger partial charge in [0.15, 0.2) is 0 Å². The first kappa shape index (κ1) is 19.4. The first-order valence-corrected chi connectivity index (χ1v) is 12.0. The van der Waals surface area contributed by atoms with Gasteiger partial charge in [0.25, 0.3) is 11.8 Å². The summed E-state index contributed by atoms with van der Waals surface area (Å²) in [4.78, 5) is 31.1. The maximum atomic E-state index is 13.6. The summed E-state index contributed by atoms with van der Waals surface area (Å²) in [5.74, 6) is 2.19. The summed E-state index contributed by atoms with van der Waals surface area (Å²) in [6.45, 7) is 3.81. The highest BCUT2D eigenvalue weighted by molar-refractivity contribution is 7.98. The molecule has 0 radical (unpaired) electrons. The van der Waals surface area contributed by atoms with Gasteiger partial charge in [-0.2, -0.15) is 11.8 Å². The molecule has 0 N–H and O–H groups in total. The van der Waals surface area contributed by atoms with Crippen LogP contribution in [0.15, 0.2) is 35.1 Å². The molecule has 3 aromatic heterocycles. The topological polar surface area (TPSA) is 71.6 Å².